The summed E-state index contributed by atoms with van der Waals surface area (Å²) in [6.45, 7) is 6.66. The van der Waals surface area contributed by atoms with Gasteiger partial charge < -0.3 is 14.2 Å². The van der Waals surface area contributed by atoms with Gasteiger partial charge in [0.05, 0.1) is 18.8 Å². The molecule has 0 spiro atoms. The summed E-state index contributed by atoms with van der Waals surface area (Å²) >= 11 is 0. The quantitative estimate of drug-likeness (QED) is 0.840. The van der Waals surface area contributed by atoms with E-state index in [0.717, 1.165) is 37.3 Å². The predicted octanol–water partition coefficient (Wildman–Crippen LogP) is 2.34. The van der Waals surface area contributed by atoms with Gasteiger partial charge in [0.25, 0.3) is 0 Å². The number of carbonyl (C=O) groups is 1. The van der Waals surface area contributed by atoms with Crippen molar-refractivity contribution < 1.29 is 9.53 Å². The summed E-state index contributed by atoms with van der Waals surface area (Å²) in [5.74, 6) is 0.854. The first-order valence-corrected chi connectivity index (χ1v) is 8.58. The van der Waals surface area contributed by atoms with Gasteiger partial charge in [0.2, 0.25) is 0 Å². The molecule has 1 saturated heterocycles. The molecule has 3 rings (SSSR count). The molecule has 2 aromatic rings. The molecule has 0 saturated carbocycles. The Hall–Kier alpha value is -2.38. The minimum Gasteiger partial charge on any atom is -0.450 e. The first-order valence-electron chi connectivity index (χ1n) is 8.58. The Labute approximate surface area is 141 Å². The third kappa shape index (κ3) is 3.42. The van der Waals surface area contributed by atoms with Gasteiger partial charge in [-0.2, -0.15) is 0 Å². The second-order valence-electron chi connectivity index (χ2n) is 5.95. The molecule has 0 unspecified atom stereocenters. The van der Waals surface area contributed by atoms with Gasteiger partial charge in [0.1, 0.15) is 5.69 Å². The molecular weight excluding hydrogens is 308 g/mol. The van der Waals surface area contributed by atoms with Crippen LogP contribution in [0, 0.1) is 0 Å². The van der Waals surface area contributed by atoms with Crippen LogP contribution in [0.4, 0.5) is 4.79 Å². The van der Waals surface area contributed by atoms with E-state index in [-0.39, 0.29) is 12.1 Å². The van der Waals surface area contributed by atoms with Gasteiger partial charge in [0.15, 0.2) is 5.82 Å². The van der Waals surface area contributed by atoms with E-state index in [2.05, 4.69) is 26.8 Å². The maximum absolute atomic E-state index is 11.8. The topological polar surface area (TPSA) is 78.1 Å². The van der Waals surface area contributed by atoms with Crippen LogP contribution >= 0.6 is 0 Å². The molecule has 8 heteroatoms. The molecule has 24 heavy (non-hydrogen) atoms. The van der Waals surface area contributed by atoms with E-state index < -0.39 is 0 Å². The van der Waals surface area contributed by atoms with Crippen LogP contribution in [0.3, 0.4) is 0 Å². The monoisotopic (exact) mass is 332 g/mol. The van der Waals surface area contributed by atoms with Crippen LogP contribution in [0.15, 0.2) is 18.6 Å². The molecule has 2 aromatic heterocycles. The Kier molecular flexibility index (Phi) is 5.12. The van der Waals surface area contributed by atoms with Crippen LogP contribution in [0.1, 0.15) is 39.2 Å². The fourth-order valence-corrected chi connectivity index (χ4v) is 3.05. The lowest BCUT2D eigenvalue weighted by molar-refractivity contribution is 0.0914. The summed E-state index contributed by atoms with van der Waals surface area (Å²) in [4.78, 5) is 17.9. The van der Waals surface area contributed by atoms with Gasteiger partial charge >= 0.3 is 6.09 Å². The molecule has 3 heterocycles. The molecule has 8 nitrogen and oxygen atoms in total. The number of rotatable bonds is 5. The lowest BCUT2D eigenvalue weighted by atomic mass is 10.1. The van der Waals surface area contributed by atoms with Crippen LogP contribution in [0.5, 0.6) is 0 Å². The highest BCUT2D eigenvalue weighted by atomic mass is 16.6. The molecule has 1 aliphatic rings. The van der Waals surface area contributed by atoms with Gasteiger partial charge in [-0.1, -0.05) is 12.1 Å². The van der Waals surface area contributed by atoms with Crippen molar-refractivity contribution in [1.82, 2.24) is 29.4 Å². The van der Waals surface area contributed by atoms with Crippen molar-refractivity contribution in [2.45, 2.75) is 45.7 Å². The largest absolute Gasteiger partial charge is 0.450 e. The molecular formula is C16H24N6O2. The molecule has 0 N–H and O–H groups in total. The van der Waals surface area contributed by atoms with E-state index in [1.165, 1.54) is 0 Å². The fourth-order valence-electron chi connectivity index (χ4n) is 3.05. The van der Waals surface area contributed by atoms with Crippen LogP contribution in [-0.2, 0) is 11.3 Å². The van der Waals surface area contributed by atoms with Crippen molar-refractivity contribution in [1.29, 1.82) is 0 Å². The maximum atomic E-state index is 11.8. The predicted molar refractivity (Wildman–Crippen MR) is 88.4 cm³/mol. The Morgan fingerprint density at radius 2 is 2.12 bits per heavy atom. The lowest BCUT2D eigenvalue weighted by Gasteiger charge is -2.30. The van der Waals surface area contributed by atoms with Crippen molar-refractivity contribution in [3.05, 3.63) is 18.6 Å². The summed E-state index contributed by atoms with van der Waals surface area (Å²) in [7, 11) is 0. The Balaban J connectivity index is 1.64. The van der Waals surface area contributed by atoms with Crippen molar-refractivity contribution in [2.24, 2.45) is 0 Å². The van der Waals surface area contributed by atoms with Gasteiger partial charge in [-0.3, -0.25) is 0 Å². The second-order valence-corrected chi connectivity index (χ2v) is 5.95. The zero-order valence-electron chi connectivity index (χ0n) is 14.3. The average Bonchev–Trinajstić information content (AvgIpc) is 3.24. The number of aromatic nitrogens is 5. The first kappa shape index (κ1) is 16.5. The highest BCUT2D eigenvalue weighted by Crippen LogP contribution is 2.24. The maximum Gasteiger partial charge on any atom is 0.409 e. The molecule has 1 aliphatic heterocycles. The number of nitrogens with zero attached hydrogens (tertiary/aromatic N) is 6. The third-order valence-corrected chi connectivity index (χ3v) is 4.28. The van der Waals surface area contributed by atoms with E-state index in [0.29, 0.717) is 19.7 Å². The van der Waals surface area contributed by atoms with Gasteiger partial charge in [-0.05, 0) is 26.2 Å². The number of imidazole rings is 1. The first-order chi connectivity index (χ1) is 11.7. The highest BCUT2D eigenvalue weighted by Gasteiger charge is 2.25. The van der Waals surface area contributed by atoms with Crippen LogP contribution < -0.4 is 0 Å². The Morgan fingerprint density at radius 3 is 2.83 bits per heavy atom. The molecule has 1 amide bonds. The molecule has 0 radical (unpaired) electrons. The smallest absolute Gasteiger partial charge is 0.409 e. The van der Waals surface area contributed by atoms with Crippen LogP contribution in [-0.4, -0.2) is 55.2 Å². The van der Waals surface area contributed by atoms with Gasteiger partial charge in [-0.15, -0.1) is 5.10 Å². The van der Waals surface area contributed by atoms with Crippen LogP contribution in [0.25, 0.3) is 11.5 Å². The van der Waals surface area contributed by atoms with E-state index in [4.69, 9.17) is 4.74 Å². The third-order valence-electron chi connectivity index (χ3n) is 4.28. The zero-order valence-corrected chi connectivity index (χ0v) is 14.3. The van der Waals surface area contributed by atoms with Gasteiger partial charge in [-0.25, -0.2) is 14.5 Å². The minimum atomic E-state index is -0.225. The fraction of sp³-hybridized carbons (Fsp3) is 0.625. The number of likely N-dealkylation sites (tertiary alicyclic amines) is 1. The summed E-state index contributed by atoms with van der Waals surface area (Å²) in [6.07, 6.45) is 8.24. The molecule has 0 aliphatic carbocycles. The normalized spacial score (nSPS) is 15.7. The molecule has 0 atom stereocenters. The molecule has 130 valence electrons. The van der Waals surface area contributed by atoms with E-state index in [1.807, 2.05) is 24.0 Å². The summed E-state index contributed by atoms with van der Waals surface area (Å²) in [5, 5.41) is 8.57. The molecule has 0 aromatic carbocycles. The van der Waals surface area contributed by atoms with E-state index >= 15 is 0 Å². The lowest BCUT2D eigenvalue weighted by Crippen LogP contribution is -2.39. The Morgan fingerprint density at radius 1 is 1.33 bits per heavy atom. The van der Waals surface area contributed by atoms with Crippen molar-refractivity contribution in [2.75, 3.05) is 19.7 Å². The van der Waals surface area contributed by atoms with E-state index in [1.54, 1.807) is 11.1 Å². The summed E-state index contributed by atoms with van der Waals surface area (Å²) < 4.78 is 9.05. The number of amides is 1. The van der Waals surface area contributed by atoms with Gasteiger partial charge in [0, 0.05) is 32.0 Å². The highest BCUT2D eigenvalue weighted by molar-refractivity contribution is 5.67. The van der Waals surface area contributed by atoms with E-state index in [9.17, 15) is 4.79 Å². The SMILES string of the molecule is CCCn1ccnc1-c1cn(C2CCN(C(=O)OCC)CC2)nn1. The average molecular weight is 332 g/mol. The van der Waals surface area contributed by atoms with Crippen molar-refractivity contribution in [3.8, 4) is 11.5 Å². The zero-order chi connectivity index (χ0) is 16.9. The second kappa shape index (κ2) is 7.46. The number of hydrogen-bond donors (Lipinski definition) is 0. The number of piperidine rings is 1. The number of hydrogen-bond acceptors (Lipinski definition) is 5. The molecule has 1 fully saturated rings. The standard InChI is InChI=1S/C16H24N6O2/c1-3-8-20-11-7-17-15(20)14-12-22(19-18-14)13-5-9-21(10-6-13)16(23)24-4-2/h7,11-13H,3-6,8-10H2,1-2H3. The Bertz CT molecular complexity index is 672. The van der Waals surface area contributed by atoms with Crippen molar-refractivity contribution >= 4 is 6.09 Å². The summed E-state index contributed by atoms with van der Waals surface area (Å²) in [6, 6.07) is 0.256. The molecule has 0 bridgehead atoms. The number of aryl methyl sites for hydroxylation is 1. The number of carbonyl (C=O) groups excluding carboxylic acids is 1. The summed E-state index contributed by atoms with van der Waals surface area (Å²) in [5.41, 5.74) is 0.793. The van der Waals surface area contributed by atoms with Crippen molar-refractivity contribution in [3.63, 3.8) is 0 Å². The number of ether oxygens (including phenoxy) is 1. The minimum absolute atomic E-state index is 0.225. The van der Waals surface area contributed by atoms with Crippen LogP contribution in [0.2, 0.25) is 0 Å².